The molecule has 4 rings (SSSR count). The van der Waals surface area contributed by atoms with Crippen LogP contribution in [0.5, 0.6) is 11.5 Å². The molecule has 7 heteroatoms. The number of para-hydroxylation sites is 1. The van der Waals surface area contributed by atoms with Crippen molar-refractivity contribution >= 4 is 23.3 Å². The summed E-state index contributed by atoms with van der Waals surface area (Å²) in [5, 5.41) is 9.16. The number of aromatic carboxylic acids is 1. The zero-order chi connectivity index (χ0) is 19.8. The van der Waals surface area contributed by atoms with Gasteiger partial charge in [0.05, 0.1) is 25.5 Å². The van der Waals surface area contributed by atoms with Gasteiger partial charge < -0.3 is 14.6 Å². The van der Waals surface area contributed by atoms with Crippen LogP contribution in [0.1, 0.15) is 33.6 Å². The fraction of sp³-hybridized carbons (Fsp3) is 0.190. The minimum absolute atomic E-state index is 0.0474. The van der Waals surface area contributed by atoms with Gasteiger partial charge in [-0.3, -0.25) is 9.20 Å². The first-order valence-electron chi connectivity index (χ1n) is 8.74. The number of allylic oxidation sites excluding steroid dienone is 1. The number of carboxylic acids is 1. The van der Waals surface area contributed by atoms with Crippen LogP contribution >= 0.6 is 0 Å². The van der Waals surface area contributed by atoms with Crippen molar-refractivity contribution in [3.05, 3.63) is 69.3 Å². The number of nitrogens with zero attached hydrogens (tertiary/aromatic N) is 2. The highest BCUT2D eigenvalue weighted by molar-refractivity contribution is 5.88. The number of hydrogen-bond donors (Lipinski definition) is 1. The highest BCUT2D eigenvalue weighted by atomic mass is 16.5. The molecule has 7 nitrogen and oxygen atoms in total. The van der Waals surface area contributed by atoms with Crippen LogP contribution in [0, 0.1) is 0 Å². The molecule has 3 aromatic rings. The monoisotopic (exact) mass is 378 g/mol. The maximum atomic E-state index is 12.9. The Morgan fingerprint density at radius 2 is 2.00 bits per heavy atom. The summed E-state index contributed by atoms with van der Waals surface area (Å²) >= 11 is 0. The van der Waals surface area contributed by atoms with E-state index >= 15 is 0 Å². The van der Waals surface area contributed by atoms with Crippen molar-refractivity contribution in [2.45, 2.75) is 12.8 Å². The van der Waals surface area contributed by atoms with Gasteiger partial charge >= 0.3 is 5.97 Å². The molecule has 0 atom stereocenters. The zero-order valence-corrected chi connectivity index (χ0v) is 15.4. The number of benzene rings is 1. The molecule has 0 saturated carbocycles. The van der Waals surface area contributed by atoms with Gasteiger partial charge in [0, 0.05) is 17.3 Å². The lowest BCUT2D eigenvalue weighted by Gasteiger charge is -2.11. The largest absolute Gasteiger partial charge is 0.493 e. The number of carboxylic acid groups (broad SMARTS) is 1. The van der Waals surface area contributed by atoms with Gasteiger partial charge in [-0.1, -0.05) is 12.1 Å². The molecule has 2 aromatic heterocycles. The summed E-state index contributed by atoms with van der Waals surface area (Å²) < 4.78 is 12.1. The van der Waals surface area contributed by atoms with E-state index in [-0.39, 0.29) is 11.1 Å². The van der Waals surface area contributed by atoms with E-state index in [0.717, 1.165) is 11.1 Å². The zero-order valence-electron chi connectivity index (χ0n) is 15.4. The van der Waals surface area contributed by atoms with Crippen LogP contribution < -0.4 is 15.0 Å². The van der Waals surface area contributed by atoms with E-state index in [1.807, 2.05) is 24.3 Å². The molecule has 1 aromatic carbocycles. The van der Waals surface area contributed by atoms with Gasteiger partial charge in [0.15, 0.2) is 11.5 Å². The first-order valence-corrected chi connectivity index (χ1v) is 8.74. The highest BCUT2D eigenvalue weighted by Gasteiger charge is 2.23. The average Bonchev–Trinajstić information content (AvgIpc) is 3.10. The van der Waals surface area contributed by atoms with Gasteiger partial charge in [-0.15, -0.1) is 0 Å². The van der Waals surface area contributed by atoms with E-state index in [9.17, 15) is 9.59 Å². The second-order valence-electron chi connectivity index (χ2n) is 6.45. The summed E-state index contributed by atoms with van der Waals surface area (Å²) in [4.78, 5) is 28.7. The fourth-order valence-corrected chi connectivity index (χ4v) is 3.52. The lowest BCUT2D eigenvalue weighted by atomic mass is 10.1. The van der Waals surface area contributed by atoms with Crippen molar-refractivity contribution in [2.24, 2.45) is 0 Å². The molecule has 0 spiro atoms. The summed E-state index contributed by atoms with van der Waals surface area (Å²) in [5.74, 6) is 0.164. The van der Waals surface area contributed by atoms with Crippen LogP contribution in [0.15, 0.2) is 41.3 Å². The molecule has 0 bridgehead atoms. The Bertz CT molecular complexity index is 1190. The molecule has 0 saturated heterocycles. The van der Waals surface area contributed by atoms with E-state index in [0.29, 0.717) is 41.2 Å². The van der Waals surface area contributed by atoms with E-state index in [4.69, 9.17) is 14.6 Å². The number of methoxy groups -OCH3 is 2. The van der Waals surface area contributed by atoms with Gasteiger partial charge in [-0.05, 0) is 42.7 Å². The minimum atomic E-state index is -1.08. The van der Waals surface area contributed by atoms with Crippen LogP contribution in [0.2, 0.25) is 0 Å². The summed E-state index contributed by atoms with van der Waals surface area (Å²) in [6, 6.07) is 8.61. The second kappa shape index (κ2) is 6.84. The van der Waals surface area contributed by atoms with Crippen LogP contribution in [0.3, 0.4) is 0 Å². The SMILES string of the molecule is COc1cccc(/C=C2\CCc3c2nc2ccc(C(=O)O)cn2c3=O)c1OC. The number of pyridine rings is 1. The van der Waals surface area contributed by atoms with Crippen LogP contribution in [0.4, 0.5) is 0 Å². The predicted molar refractivity (Wildman–Crippen MR) is 104 cm³/mol. The molecule has 0 unspecified atom stereocenters. The Balaban J connectivity index is 1.87. The standard InChI is InChI=1S/C21H18N2O5/c1-27-16-5-3-4-13(19(16)28-2)10-12-6-8-15-18(12)22-17-9-7-14(21(25)26)11-23(17)20(15)24/h3-5,7,9-11H,6,8H2,1-2H3,(H,25,26)/b12-10+. The molecule has 0 aliphatic heterocycles. The van der Waals surface area contributed by atoms with E-state index < -0.39 is 5.97 Å². The molecule has 0 radical (unpaired) electrons. The van der Waals surface area contributed by atoms with E-state index in [2.05, 4.69) is 4.98 Å². The van der Waals surface area contributed by atoms with Gasteiger partial charge in [0.25, 0.3) is 5.56 Å². The van der Waals surface area contributed by atoms with Crippen molar-refractivity contribution in [3.63, 3.8) is 0 Å². The smallest absolute Gasteiger partial charge is 0.337 e. The van der Waals surface area contributed by atoms with Crippen LogP contribution in [-0.2, 0) is 6.42 Å². The van der Waals surface area contributed by atoms with Crippen LogP contribution in [-0.4, -0.2) is 34.7 Å². The first kappa shape index (κ1) is 17.8. The lowest BCUT2D eigenvalue weighted by molar-refractivity contribution is 0.0696. The van der Waals surface area contributed by atoms with Crippen molar-refractivity contribution < 1.29 is 19.4 Å². The van der Waals surface area contributed by atoms with Crippen molar-refractivity contribution in [3.8, 4) is 11.5 Å². The molecule has 2 heterocycles. The summed E-state index contributed by atoms with van der Waals surface area (Å²) in [7, 11) is 3.17. The normalized spacial score (nSPS) is 14.3. The minimum Gasteiger partial charge on any atom is -0.493 e. The maximum absolute atomic E-state index is 12.9. The Morgan fingerprint density at radius 3 is 2.71 bits per heavy atom. The number of ether oxygens (including phenoxy) is 2. The van der Waals surface area contributed by atoms with Gasteiger partial charge in [-0.25, -0.2) is 9.78 Å². The summed E-state index contributed by atoms with van der Waals surface area (Å²) in [6.45, 7) is 0. The third-order valence-corrected chi connectivity index (χ3v) is 4.87. The molecule has 0 fully saturated rings. The maximum Gasteiger partial charge on any atom is 0.337 e. The quantitative estimate of drug-likeness (QED) is 0.751. The Morgan fingerprint density at radius 1 is 1.18 bits per heavy atom. The number of rotatable bonds is 4. The van der Waals surface area contributed by atoms with Gasteiger partial charge in [0.2, 0.25) is 0 Å². The molecule has 1 aliphatic rings. The number of carbonyl (C=O) groups is 1. The first-order chi connectivity index (χ1) is 13.5. The summed E-state index contributed by atoms with van der Waals surface area (Å²) in [6.07, 6.45) is 4.50. The number of hydrogen-bond acceptors (Lipinski definition) is 5. The predicted octanol–water partition coefficient (Wildman–Crippen LogP) is 2.90. The second-order valence-corrected chi connectivity index (χ2v) is 6.45. The van der Waals surface area contributed by atoms with Crippen LogP contribution in [0.25, 0.3) is 17.3 Å². The number of fused-ring (bicyclic) bond motifs is 2. The topological polar surface area (TPSA) is 90.1 Å². The third kappa shape index (κ3) is 2.81. The van der Waals surface area contributed by atoms with E-state index in [1.165, 1.54) is 16.7 Å². The summed E-state index contributed by atoms with van der Waals surface area (Å²) in [5.41, 5.74) is 3.25. The molecular formula is C21H18N2O5. The van der Waals surface area contributed by atoms with Crippen molar-refractivity contribution in [1.29, 1.82) is 0 Å². The highest BCUT2D eigenvalue weighted by Crippen LogP contribution is 2.36. The van der Waals surface area contributed by atoms with E-state index in [1.54, 1.807) is 20.3 Å². The molecule has 0 amide bonds. The van der Waals surface area contributed by atoms with Gasteiger partial charge in [0.1, 0.15) is 5.65 Å². The Hall–Kier alpha value is -3.61. The Kier molecular flexibility index (Phi) is 4.35. The number of aromatic nitrogens is 2. The van der Waals surface area contributed by atoms with Gasteiger partial charge in [-0.2, -0.15) is 0 Å². The average molecular weight is 378 g/mol. The Labute approximate surface area is 160 Å². The fourth-order valence-electron chi connectivity index (χ4n) is 3.52. The molecule has 142 valence electrons. The van der Waals surface area contributed by atoms with Crippen molar-refractivity contribution in [2.75, 3.05) is 14.2 Å². The third-order valence-electron chi connectivity index (χ3n) is 4.87. The molecule has 1 N–H and O–H groups in total. The lowest BCUT2D eigenvalue weighted by Crippen LogP contribution is -2.20. The molecule has 28 heavy (non-hydrogen) atoms. The molecular weight excluding hydrogens is 360 g/mol. The molecule has 1 aliphatic carbocycles. The van der Waals surface area contributed by atoms with Crippen molar-refractivity contribution in [1.82, 2.24) is 9.38 Å².